The number of rotatable bonds is 4. The number of nitrogens with one attached hydrogen (secondary N) is 1. The van der Waals surface area contributed by atoms with Crippen LogP contribution in [0.5, 0.6) is 0 Å². The summed E-state index contributed by atoms with van der Waals surface area (Å²) in [6.45, 7) is 0.685. The van der Waals surface area contributed by atoms with Crippen molar-refractivity contribution in [3.05, 3.63) is 0 Å². The van der Waals surface area contributed by atoms with E-state index in [1.807, 2.05) is 0 Å². The van der Waals surface area contributed by atoms with Crippen LogP contribution in [0.4, 0.5) is 0 Å². The monoisotopic (exact) mass is 200 g/mol. The summed E-state index contributed by atoms with van der Waals surface area (Å²) in [7, 11) is 0. The molecule has 0 aromatic heterocycles. The van der Waals surface area contributed by atoms with Gasteiger partial charge >= 0.3 is 0 Å². The van der Waals surface area contributed by atoms with E-state index < -0.39 is 0 Å². The Morgan fingerprint density at radius 1 is 1.43 bits per heavy atom. The van der Waals surface area contributed by atoms with Crippen LogP contribution in [0.25, 0.3) is 0 Å². The first kappa shape index (κ1) is 11.5. The average Bonchev–Trinajstić information content (AvgIpc) is 2.20. The molecule has 4 nitrogen and oxygen atoms in total. The molecule has 0 aliphatic heterocycles. The van der Waals surface area contributed by atoms with Crippen LogP contribution in [-0.4, -0.2) is 30.2 Å². The van der Waals surface area contributed by atoms with Crippen LogP contribution >= 0.6 is 0 Å². The summed E-state index contributed by atoms with van der Waals surface area (Å²) in [5.41, 5.74) is 5.16. The van der Waals surface area contributed by atoms with Gasteiger partial charge in [-0.3, -0.25) is 4.79 Å². The Morgan fingerprint density at radius 2 is 2.14 bits per heavy atom. The number of carbonyl (C=O) groups excluding carboxylic acids is 1. The zero-order chi connectivity index (χ0) is 10.4. The molecule has 0 saturated heterocycles. The van der Waals surface area contributed by atoms with Gasteiger partial charge in [-0.2, -0.15) is 0 Å². The molecule has 0 unspecified atom stereocenters. The highest BCUT2D eigenvalue weighted by Gasteiger charge is 2.22. The molecule has 1 aliphatic carbocycles. The van der Waals surface area contributed by atoms with Crippen LogP contribution in [0.1, 0.15) is 32.1 Å². The summed E-state index contributed by atoms with van der Waals surface area (Å²) < 4.78 is 0. The lowest BCUT2D eigenvalue weighted by Gasteiger charge is -2.27. The highest BCUT2D eigenvalue weighted by molar-refractivity contribution is 5.77. The molecule has 0 aromatic carbocycles. The number of hydrogen-bond acceptors (Lipinski definition) is 3. The van der Waals surface area contributed by atoms with Crippen LogP contribution in [0.15, 0.2) is 0 Å². The van der Waals surface area contributed by atoms with Gasteiger partial charge in [-0.1, -0.05) is 12.8 Å². The Morgan fingerprint density at radius 3 is 2.79 bits per heavy atom. The minimum absolute atomic E-state index is 0.0488. The van der Waals surface area contributed by atoms with Gasteiger partial charge in [-0.25, -0.2) is 0 Å². The van der Waals surface area contributed by atoms with Gasteiger partial charge in [0.15, 0.2) is 0 Å². The van der Waals surface area contributed by atoms with Crippen molar-refractivity contribution in [1.82, 2.24) is 5.32 Å². The van der Waals surface area contributed by atoms with Crippen molar-refractivity contribution in [1.29, 1.82) is 0 Å². The Hall–Kier alpha value is -0.610. The molecular weight excluding hydrogens is 180 g/mol. The maximum absolute atomic E-state index is 10.8. The largest absolute Gasteiger partial charge is 0.393 e. The molecular formula is C10H20N2O2. The SMILES string of the molecule is NCC(=O)NCC[C@@H]1CCCC[C@H]1O. The lowest BCUT2D eigenvalue weighted by Crippen LogP contribution is -2.34. The van der Waals surface area contributed by atoms with Crippen LogP contribution in [0.3, 0.4) is 0 Å². The first-order valence-electron chi connectivity index (χ1n) is 5.39. The molecule has 2 atom stereocenters. The van der Waals surface area contributed by atoms with Gasteiger partial charge in [0.05, 0.1) is 12.6 Å². The standard InChI is InChI=1S/C10H20N2O2/c11-7-10(14)12-6-5-8-3-1-2-4-9(8)13/h8-9,13H,1-7,11H2,(H,12,14)/t8-,9+/m0/s1. The number of nitrogens with two attached hydrogens (primary N) is 1. The van der Waals surface area contributed by atoms with Crippen LogP contribution in [0.2, 0.25) is 0 Å². The van der Waals surface area contributed by atoms with E-state index in [0.29, 0.717) is 12.5 Å². The third-order valence-electron chi connectivity index (χ3n) is 2.89. The zero-order valence-corrected chi connectivity index (χ0v) is 8.54. The number of amides is 1. The maximum Gasteiger partial charge on any atom is 0.233 e. The highest BCUT2D eigenvalue weighted by atomic mass is 16.3. The van der Waals surface area contributed by atoms with Gasteiger partial charge < -0.3 is 16.2 Å². The lowest BCUT2D eigenvalue weighted by atomic mass is 9.84. The van der Waals surface area contributed by atoms with Gasteiger partial charge in [0.25, 0.3) is 0 Å². The minimum Gasteiger partial charge on any atom is -0.393 e. The molecule has 0 radical (unpaired) electrons. The normalized spacial score (nSPS) is 27.3. The molecule has 0 spiro atoms. The summed E-state index contributed by atoms with van der Waals surface area (Å²) in [5.74, 6) is 0.247. The molecule has 4 heteroatoms. The fraction of sp³-hybridized carbons (Fsp3) is 0.900. The number of carbonyl (C=O) groups is 1. The van der Waals surface area contributed by atoms with Crippen molar-refractivity contribution in [2.45, 2.75) is 38.2 Å². The fourth-order valence-electron chi connectivity index (χ4n) is 1.99. The van der Waals surface area contributed by atoms with E-state index in [9.17, 15) is 9.90 Å². The number of aliphatic hydroxyl groups is 1. The second-order valence-corrected chi connectivity index (χ2v) is 3.95. The van der Waals surface area contributed by atoms with Gasteiger partial charge in [0.1, 0.15) is 0 Å². The molecule has 1 amide bonds. The Bertz CT molecular complexity index is 185. The Labute approximate surface area is 84.9 Å². The summed E-state index contributed by atoms with van der Waals surface area (Å²) >= 11 is 0. The fourth-order valence-corrected chi connectivity index (χ4v) is 1.99. The first-order chi connectivity index (χ1) is 6.74. The molecule has 4 N–H and O–H groups in total. The third kappa shape index (κ3) is 3.64. The minimum atomic E-state index is -0.168. The van der Waals surface area contributed by atoms with E-state index in [1.165, 1.54) is 6.42 Å². The lowest BCUT2D eigenvalue weighted by molar-refractivity contribution is -0.119. The van der Waals surface area contributed by atoms with Crippen LogP contribution in [0, 0.1) is 5.92 Å². The third-order valence-corrected chi connectivity index (χ3v) is 2.89. The van der Waals surface area contributed by atoms with Gasteiger partial charge in [0, 0.05) is 6.54 Å². The van der Waals surface area contributed by atoms with E-state index >= 15 is 0 Å². The summed E-state index contributed by atoms with van der Waals surface area (Å²) in [5, 5.41) is 12.4. The summed E-state index contributed by atoms with van der Waals surface area (Å²) in [6, 6.07) is 0. The zero-order valence-electron chi connectivity index (χ0n) is 8.54. The van der Waals surface area contributed by atoms with Crippen molar-refractivity contribution in [2.24, 2.45) is 11.7 Å². The molecule has 14 heavy (non-hydrogen) atoms. The quantitative estimate of drug-likeness (QED) is 0.598. The van der Waals surface area contributed by atoms with Gasteiger partial charge in [0.2, 0.25) is 5.91 Å². The van der Waals surface area contributed by atoms with Crippen molar-refractivity contribution >= 4 is 5.91 Å². The van der Waals surface area contributed by atoms with E-state index in [1.54, 1.807) is 0 Å². The highest BCUT2D eigenvalue weighted by Crippen LogP contribution is 2.26. The molecule has 1 fully saturated rings. The van der Waals surface area contributed by atoms with Crippen molar-refractivity contribution in [3.63, 3.8) is 0 Å². The molecule has 82 valence electrons. The molecule has 0 aromatic rings. The smallest absolute Gasteiger partial charge is 0.233 e. The predicted molar refractivity (Wildman–Crippen MR) is 54.6 cm³/mol. The van der Waals surface area contributed by atoms with Crippen molar-refractivity contribution < 1.29 is 9.90 Å². The summed E-state index contributed by atoms with van der Waals surface area (Å²) in [4.78, 5) is 10.8. The second kappa shape index (κ2) is 5.98. The van der Waals surface area contributed by atoms with Gasteiger partial charge in [-0.15, -0.1) is 0 Å². The maximum atomic E-state index is 10.8. The van der Waals surface area contributed by atoms with Crippen molar-refractivity contribution in [2.75, 3.05) is 13.1 Å². The molecule has 1 aliphatic rings. The van der Waals surface area contributed by atoms with Crippen LogP contribution in [-0.2, 0) is 4.79 Å². The topological polar surface area (TPSA) is 75.4 Å². The van der Waals surface area contributed by atoms with E-state index in [0.717, 1.165) is 25.7 Å². The Kier molecular flexibility index (Phi) is 4.90. The summed E-state index contributed by atoms with van der Waals surface area (Å²) in [6.07, 6.45) is 5.03. The Balaban J connectivity index is 2.13. The predicted octanol–water partition coefficient (Wildman–Crippen LogP) is 0.00250. The molecule has 1 rings (SSSR count). The van der Waals surface area contributed by atoms with Crippen LogP contribution < -0.4 is 11.1 Å². The van der Waals surface area contributed by atoms with E-state index in [-0.39, 0.29) is 18.6 Å². The number of aliphatic hydroxyl groups excluding tert-OH is 1. The molecule has 0 bridgehead atoms. The van der Waals surface area contributed by atoms with Crippen molar-refractivity contribution in [3.8, 4) is 0 Å². The second-order valence-electron chi connectivity index (χ2n) is 3.95. The molecule has 1 saturated carbocycles. The average molecular weight is 200 g/mol. The van der Waals surface area contributed by atoms with E-state index in [4.69, 9.17) is 5.73 Å². The first-order valence-corrected chi connectivity index (χ1v) is 5.39. The molecule has 0 heterocycles. The van der Waals surface area contributed by atoms with E-state index in [2.05, 4.69) is 5.32 Å². The van der Waals surface area contributed by atoms with Gasteiger partial charge in [-0.05, 0) is 25.2 Å². The number of hydrogen-bond donors (Lipinski definition) is 3.